The first kappa shape index (κ1) is 8.67. The molecule has 0 saturated heterocycles. The number of halogens is 1. The summed E-state index contributed by atoms with van der Waals surface area (Å²) in [5, 5.41) is 10.1. The van der Waals surface area contributed by atoms with Crippen LogP contribution in [0.3, 0.4) is 0 Å². The highest BCUT2D eigenvalue weighted by Crippen LogP contribution is 2.26. The van der Waals surface area contributed by atoms with E-state index in [0.717, 1.165) is 14.2 Å². The van der Waals surface area contributed by atoms with Crippen molar-refractivity contribution in [2.75, 3.05) is 0 Å². The molecular weight excluding hydrogens is 230 g/mol. The molecule has 0 radical (unpaired) electrons. The molecule has 0 aliphatic carbocycles. The van der Waals surface area contributed by atoms with Crippen molar-refractivity contribution < 1.29 is 4.92 Å². The van der Waals surface area contributed by atoms with Crippen molar-refractivity contribution in [2.24, 2.45) is 0 Å². The predicted octanol–water partition coefficient (Wildman–Crippen LogP) is 2.60. The van der Waals surface area contributed by atoms with Gasteiger partial charge in [0.25, 0.3) is 0 Å². The lowest BCUT2D eigenvalue weighted by atomic mass is 10.4. The average Bonchev–Trinajstić information content (AvgIpc) is 2.10. The molecule has 0 aromatic carbocycles. The van der Waals surface area contributed by atoms with Gasteiger partial charge in [0.2, 0.25) is 6.54 Å². The molecule has 1 rings (SSSR count). The smallest absolute Gasteiger partial charge is 0.237 e. The number of hydrogen-bond acceptors (Lipinski definition) is 3. The number of thiophene rings is 1. The van der Waals surface area contributed by atoms with Gasteiger partial charge >= 0.3 is 0 Å². The van der Waals surface area contributed by atoms with Gasteiger partial charge < -0.3 is 0 Å². The van der Waals surface area contributed by atoms with Crippen molar-refractivity contribution in [1.82, 2.24) is 0 Å². The molecule has 1 aromatic heterocycles. The van der Waals surface area contributed by atoms with Gasteiger partial charge in [-0.1, -0.05) is 0 Å². The molecule has 11 heavy (non-hydrogen) atoms. The van der Waals surface area contributed by atoms with Crippen molar-refractivity contribution in [3.63, 3.8) is 0 Å². The van der Waals surface area contributed by atoms with Gasteiger partial charge in [-0.2, -0.15) is 0 Å². The highest BCUT2D eigenvalue weighted by molar-refractivity contribution is 9.10. The maximum atomic E-state index is 10.1. The Bertz CT molecular complexity index is 265. The van der Waals surface area contributed by atoms with Crippen molar-refractivity contribution in [1.29, 1.82) is 0 Å². The average molecular weight is 236 g/mol. The summed E-state index contributed by atoms with van der Waals surface area (Å²) in [7, 11) is 0. The van der Waals surface area contributed by atoms with E-state index in [2.05, 4.69) is 15.9 Å². The number of aryl methyl sites for hydroxylation is 1. The van der Waals surface area contributed by atoms with Gasteiger partial charge in [0.15, 0.2) is 0 Å². The molecule has 0 fully saturated rings. The number of nitrogens with zero attached hydrogens (tertiary/aromatic N) is 1. The molecule has 0 aliphatic rings. The molecular formula is C6H6BrNO2S. The quantitative estimate of drug-likeness (QED) is 0.585. The van der Waals surface area contributed by atoms with E-state index < -0.39 is 0 Å². The predicted molar refractivity (Wildman–Crippen MR) is 47.5 cm³/mol. The van der Waals surface area contributed by atoms with E-state index in [4.69, 9.17) is 0 Å². The zero-order chi connectivity index (χ0) is 8.43. The molecule has 0 saturated carbocycles. The molecule has 0 N–H and O–H groups in total. The summed E-state index contributed by atoms with van der Waals surface area (Å²) in [4.78, 5) is 11.6. The van der Waals surface area contributed by atoms with Crippen LogP contribution in [0.15, 0.2) is 10.5 Å². The summed E-state index contributed by atoms with van der Waals surface area (Å²) in [6.45, 7) is 1.86. The summed E-state index contributed by atoms with van der Waals surface area (Å²) >= 11 is 4.75. The summed E-state index contributed by atoms with van der Waals surface area (Å²) < 4.78 is 0.958. The monoisotopic (exact) mass is 235 g/mol. The zero-order valence-electron chi connectivity index (χ0n) is 5.83. The Hall–Kier alpha value is -0.420. The second-order valence-corrected chi connectivity index (χ2v) is 4.30. The number of rotatable bonds is 2. The summed E-state index contributed by atoms with van der Waals surface area (Å²) in [5.74, 6) is 0. The van der Waals surface area contributed by atoms with E-state index in [1.807, 2.05) is 6.92 Å². The highest BCUT2D eigenvalue weighted by Gasteiger charge is 2.07. The lowest BCUT2D eigenvalue weighted by molar-refractivity contribution is -0.496. The minimum atomic E-state index is -0.322. The van der Waals surface area contributed by atoms with Gasteiger partial charge in [0, 0.05) is 14.3 Å². The van der Waals surface area contributed by atoms with Gasteiger partial charge in [-0.25, -0.2) is 0 Å². The second kappa shape index (κ2) is 3.32. The van der Waals surface area contributed by atoms with Crippen LogP contribution in [-0.4, -0.2) is 4.92 Å². The molecule has 0 spiro atoms. The van der Waals surface area contributed by atoms with Crippen LogP contribution in [0, 0.1) is 17.0 Å². The Kier molecular flexibility index (Phi) is 2.62. The van der Waals surface area contributed by atoms with Crippen LogP contribution in [0.2, 0.25) is 0 Å². The molecule has 0 amide bonds. The van der Waals surface area contributed by atoms with E-state index >= 15 is 0 Å². The Morgan fingerprint density at radius 3 is 2.82 bits per heavy atom. The molecule has 0 bridgehead atoms. The van der Waals surface area contributed by atoms with Crippen molar-refractivity contribution in [3.8, 4) is 0 Å². The minimum Gasteiger partial charge on any atom is -0.264 e. The Labute approximate surface area is 76.3 Å². The fraction of sp³-hybridized carbons (Fsp3) is 0.333. The minimum absolute atomic E-state index is 0.0723. The van der Waals surface area contributed by atoms with Crippen LogP contribution in [-0.2, 0) is 6.54 Å². The number of nitro groups is 1. The largest absolute Gasteiger partial charge is 0.264 e. The standard InChI is InChI=1S/C6H6BrNO2S/c1-4-6(7)2-5(11-4)3-8(9)10/h2H,3H2,1H3. The molecule has 1 aromatic rings. The van der Waals surface area contributed by atoms with Crippen molar-refractivity contribution in [3.05, 3.63) is 30.4 Å². The van der Waals surface area contributed by atoms with Gasteiger partial charge in [-0.15, -0.1) is 11.3 Å². The van der Waals surface area contributed by atoms with Gasteiger partial charge in [0.05, 0.1) is 4.88 Å². The zero-order valence-corrected chi connectivity index (χ0v) is 8.24. The highest BCUT2D eigenvalue weighted by atomic mass is 79.9. The van der Waals surface area contributed by atoms with Crippen molar-refractivity contribution >= 4 is 27.3 Å². The maximum absolute atomic E-state index is 10.1. The molecule has 0 aliphatic heterocycles. The topological polar surface area (TPSA) is 43.1 Å². The van der Waals surface area contributed by atoms with E-state index in [-0.39, 0.29) is 11.5 Å². The lowest BCUT2D eigenvalue weighted by Crippen LogP contribution is -1.94. The van der Waals surface area contributed by atoms with Crippen LogP contribution in [0.25, 0.3) is 0 Å². The SMILES string of the molecule is Cc1sc(C[N+](=O)[O-])cc1Br. The van der Waals surface area contributed by atoms with Crippen LogP contribution in [0.1, 0.15) is 9.75 Å². The van der Waals surface area contributed by atoms with Crippen LogP contribution >= 0.6 is 27.3 Å². The molecule has 5 heteroatoms. The number of hydrogen-bond donors (Lipinski definition) is 0. The summed E-state index contributed by atoms with van der Waals surface area (Å²) in [5.41, 5.74) is 0. The molecule has 1 heterocycles. The molecule has 0 atom stereocenters. The van der Waals surface area contributed by atoms with Crippen molar-refractivity contribution in [2.45, 2.75) is 13.5 Å². The first-order chi connectivity index (χ1) is 5.09. The first-order valence-electron chi connectivity index (χ1n) is 2.96. The third-order valence-electron chi connectivity index (χ3n) is 1.19. The van der Waals surface area contributed by atoms with E-state index in [1.54, 1.807) is 6.07 Å². The van der Waals surface area contributed by atoms with Gasteiger partial charge in [0.1, 0.15) is 0 Å². The van der Waals surface area contributed by atoms with E-state index in [0.29, 0.717) is 0 Å². The van der Waals surface area contributed by atoms with Crippen LogP contribution in [0.4, 0.5) is 0 Å². The van der Waals surface area contributed by atoms with Crippen LogP contribution < -0.4 is 0 Å². The van der Waals surface area contributed by atoms with Gasteiger partial charge in [-0.3, -0.25) is 10.1 Å². The third kappa shape index (κ3) is 2.27. The Balaban J connectivity index is 2.81. The molecule has 0 unspecified atom stereocenters. The summed E-state index contributed by atoms with van der Waals surface area (Å²) in [6, 6.07) is 1.79. The van der Waals surface area contributed by atoms with Crippen LogP contribution in [0.5, 0.6) is 0 Å². The lowest BCUT2D eigenvalue weighted by Gasteiger charge is -1.85. The summed E-state index contributed by atoms with van der Waals surface area (Å²) in [6.07, 6.45) is 0. The second-order valence-electron chi connectivity index (χ2n) is 2.11. The Morgan fingerprint density at radius 2 is 2.45 bits per heavy atom. The van der Waals surface area contributed by atoms with E-state index in [9.17, 15) is 10.1 Å². The van der Waals surface area contributed by atoms with E-state index in [1.165, 1.54) is 11.3 Å². The molecule has 60 valence electrons. The maximum Gasteiger partial charge on any atom is 0.237 e. The fourth-order valence-electron chi connectivity index (χ4n) is 0.723. The normalized spacial score (nSPS) is 10.0. The van der Waals surface area contributed by atoms with Gasteiger partial charge in [-0.05, 0) is 28.9 Å². The molecule has 3 nitrogen and oxygen atoms in total. The third-order valence-corrected chi connectivity index (χ3v) is 3.31. The first-order valence-corrected chi connectivity index (χ1v) is 4.57. The Morgan fingerprint density at radius 1 is 1.82 bits per heavy atom. The fourth-order valence-corrected chi connectivity index (χ4v) is 2.29.